The lowest BCUT2D eigenvalue weighted by molar-refractivity contribution is 0.117. The lowest BCUT2D eigenvalue weighted by atomic mass is 9.75. The minimum Gasteiger partial charge on any atom is -0.303 e. The normalized spacial score (nSPS) is 18.3. The van der Waals surface area contributed by atoms with E-state index < -0.39 is 5.67 Å². The van der Waals surface area contributed by atoms with E-state index in [1.54, 1.807) is 13.8 Å². The van der Waals surface area contributed by atoms with Crippen LogP contribution in [-0.4, -0.2) is 30.2 Å². The first-order chi connectivity index (χ1) is 16.6. The van der Waals surface area contributed by atoms with E-state index in [2.05, 4.69) is 73.9 Å². The maximum atomic E-state index is 14.9. The summed E-state index contributed by atoms with van der Waals surface area (Å²) in [6.45, 7) is 19.4. The van der Waals surface area contributed by atoms with Crippen LogP contribution >= 0.6 is 0 Å². The average molecular weight is 478 g/mol. The van der Waals surface area contributed by atoms with Gasteiger partial charge in [0.2, 0.25) is 0 Å². The number of hydrogen-bond acceptors (Lipinski definition) is 1. The van der Waals surface area contributed by atoms with Gasteiger partial charge >= 0.3 is 0 Å². The molecule has 0 spiro atoms. The summed E-state index contributed by atoms with van der Waals surface area (Å²) in [6.07, 6.45) is 17.3. The molecule has 192 valence electrons. The number of halogens is 1. The Bertz CT molecular complexity index is 916. The van der Waals surface area contributed by atoms with Crippen LogP contribution in [0.5, 0.6) is 0 Å². The Morgan fingerprint density at radius 1 is 1.09 bits per heavy atom. The van der Waals surface area contributed by atoms with Gasteiger partial charge in [0.25, 0.3) is 0 Å². The number of unbranched alkanes of at least 4 members (excludes halogenated alkanes) is 2. The molecule has 1 nitrogen and oxygen atoms in total. The third kappa shape index (κ3) is 9.41. The van der Waals surface area contributed by atoms with Gasteiger partial charge in [-0.25, -0.2) is 4.39 Å². The topological polar surface area (TPSA) is 3.24 Å². The van der Waals surface area contributed by atoms with E-state index in [1.807, 2.05) is 26.0 Å². The highest BCUT2D eigenvalue weighted by Gasteiger charge is 2.30. The van der Waals surface area contributed by atoms with Crippen molar-refractivity contribution < 1.29 is 4.39 Å². The van der Waals surface area contributed by atoms with Gasteiger partial charge in [-0.2, -0.15) is 0 Å². The zero-order valence-electron chi connectivity index (χ0n) is 23.2. The highest BCUT2D eigenvalue weighted by Crippen LogP contribution is 2.35. The van der Waals surface area contributed by atoms with Gasteiger partial charge in [0.15, 0.2) is 0 Å². The molecule has 0 amide bonds. The number of rotatable bonds is 12. The molecule has 0 radical (unpaired) electrons. The number of hydrogen-bond donors (Lipinski definition) is 0. The van der Waals surface area contributed by atoms with Crippen LogP contribution in [-0.2, 0) is 6.42 Å². The monoisotopic (exact) mass is 477 g/mol. The Hall–Kier alpha value is -2.19. The number of benzene rings is 1. The summed E-state index contributed by atoms with van der Waals surface area (Å²) in [5.74, 6) is 0. The summed E-state index contributed by atoms with van der Waals surface area (Å²) in [5, 5.41) is 0. The Labute approximate surface area is 215 Å². The molecule has 1 saturated heterocycles. The van der Waals surface area contributed by atoms with Gasteiger partial charge in [-0.3, -0.25) is 0 Å². The van der Waals surface area contributed by atoms with Crippen LogP contribution < -0.4 is 0 Å². The van der Waals surface area contributed by atoms with Crippen molar-refractivity contribution in [2.24, 2.45) is 5.41 Å². The number of alkyl halides is 1. The number of piperidine rings is 1. The van der Waals surface area contributed by atoms with Crippen molar-refractivity contribution in [2.75, 3.05) is 19.6 Å². The molecule has 1 aromatic carbocycles. The quantitative estimate of drug-likeness (QED) is 0.214. The van der Waals surface area contributed by atoms with E-state index in [-0.39, 0.29) is 0 Å². The molecular formula is C33H48FN. The van der Waals surface area contributed by atoms with Gasteiger partial charge in [-0.05, 0) is 126 Å². The first kappa shape index (κ1) is 29.0. The van der Waals surface area contributed by atoms with Crippen LogP contribution in [0.3, 0.4) is 0 Å². The van der Waals surface area contributed by atoms with E-state index in [9.17, 15) is 4.39 Å². The lowest BCUT2D eigenvalue weighted by Gasteiger charge is -2.39. The summed E-state index contributed by atoms with van der Waals surface area (Å²) in [5.41, 5.74) is 4.15. The zero-order valence-corrected chi connectivity index (χ0v) is 23.2. The first-order valence-corrected chi connectivity index (χ1v) is 13.4. The third-order valence-electron chi connectivity index (χ3n) is 7.40. The van der Waals surface area contributed by atoms with Gasteiger partial charge in [0.1, 0.15) is 5.67 Å². The molecule has 0 atom stereocenters. The lowest BCUT2D eigenvalue weighted by Crippen LogP contribution is -2.40. The van der Waals surface area contributed by atoms with Gasteiger partial charge < -0.3 is 4.90 Å². The number of allylic oxidation sites excluding steroid dienone is 9. The zero-order chi connectivity index (χ0) is 25.9. The SMILES string of the molecule is C=C(C(=C/CCCCN1CCC(C)(Cc2ccccc2)CC1)/C(=C/C)C(/C)=C\C=C/C)C(C)(C)F. The summed E-state index contributed by atoms with van der Waals surface area (Å²) in [7, 11) is 0. The Morgan fingerprint density at radius 2 is 1.74 bits per heavy atom. The molecule has 1 heterocycles. The second kappa shape index (κ2) is 13.8. The molecule has 2 rings (SSSR count). The van der Waals surface area contributed by atoms with Gasteiger partial charge in [-0.1, -0.05) is 74.2 Å². The molecule has 35 heavy (non-hydrogen) atoms. The Morgan fingerprint density at radius 3 is 2.31 bits per heavy atom. The molecule has 1 fully saturated rings. The smallest absolute Gasteiger partial charge is 0.130 e. The maximum absolute atomic E-state index is 14.9. The Kier molecular flexibility index (Phi) is 11.4. The first-order valence-electron chi connectivity index (χ1n) is 13.4. The van der Waals surface area contributed by atoms with Crippen molar-refractivity contribution in [1.82, 2.24) is 4.90 Å². The van der Waals surface area contributed by atoms with Crippen molar-refractivity contribution in [3.8, 4) is 0 Å². The largest absolute Gasteiger partial charge is 0.303 e. The number of likely N-dealkylation sites (tertiary alicyclic amines) is 1. The highest BCUT2D eigenvalue weighted by atomic mass is 19.1. The minimum absolute atomic E-state index is 0.413. The molecule has 0 bridgehead atoms. The summed E-state index contributed by atoms with van der Waals surface area (Å²) in [6, 6.07) is 10.9. The maximum Gasteiger partial charge on any atom is 0.130 e. The van der Waals surface area contributed by atoms with Gasteiger partial charge in [-0.15, -0.1) is 0 Å². The van der Waals surface area contributed by atoms with E-state index in [0.717, 1.165) is 36.1 Å². The molecule has 0 N–H and O–H groups in total. The van der Waals surface area contributed by atoms with Crippen molar-refractivity contribution in [3.05, 3.63) is 95.1 Å². The molecule has 2 heteroatoms. The van der Waals surface area contributed by atoms with Crippen LogP contribution in [0.4, 0.5) is 4.39 Å². The third-order valence-corrected chi connectivity index (χ3v) is 7.40. The summed E-state index contributed by atoms with van der Waals surface area (Å²) >= 11 is 0. The number of nitrogens with zero attached hydrogens (tertiary/aromatic N) is 1. The van der Waals surface area contributed by atoms with Crippen molar-refractivity contribution in [2.45, 2.75) is 85.7 Å². The molecule has 0 aromatic heterocycles. The second-order valence-electron chi connectivity index (χ2n) is 11.0. The Balaban J connectivity index is 1.90. The van der Waals surface area contributed by atoms with E-state index in [1.165, 1.54) is 44.3 Å². The van der Waals surface area contributed by atoms with Crippen LogP contribution in [0.15, 0.2) is 89.6 Å². The van der Waals surface area contributed by atoms with Crippen molar-refractivity contribution in [1.29, 1.82) is 0 Å². The van der Waals surface area contributed by atoms with E-state index in [4.69, 9.17) is 0 Å². The molecular weight excluding hydrogens is 429 g/mol. The van der Waals surface area contributed by atoms with Crippen LogP contribution in [0.2, 0.25) is 0 Å². The summed E-state index contributed by atoms with van der Waals surface area (Å²) < 4.78 is 14.9. The summed E-state index contributed by atoms with van der Waals surface area (Å²) in [4.78, 5) is 2.63. The van der Waals surface area contributed by atoms with E-state index >= 15 is 0 Å². The predicted molar refractivity (Wildman–Crippen MR) is 153 cm³/mol. The molecule has 0 saturated carbocycles. The standard InChI is InChI=1S/C33H48FN/c1-8-10-17-27(3)30(9-2)31(28(4)32(5,6)34)20-15-12-16-23-35-24-21-33(7,22-25-35)26-29-18-13-11-14-19-29/h8-11,13-14,17-20H,4,12,15-16,21-26H2,1-3,5-7H3/b10-8-,27-17-,30-9+,31-20-. The van der Waals surface area contributed by atoms with Crippen LogP contribution in [0.1, 0.15) is 79.2 Å². The highest BCUT2D eigenvalue weighted by molar-refractivity contribution is 5.57. The van der Waals surface area contributed by atoms with Crippen LogP contribution in [0, 0.1) is 5.41 Å². The fourth-order valence-electron chi connectivity index (χ4n) is 4.95. The van der Waals surface area contributed by atoms with Gasteiger partial charge in [0, 0.05) is 0 Å². The van der Waals surface area contributed by atoms with Crippen molar-refractivity contribution in [3.63, 3.8) is 0 Å². The van der Waals surface area contributed by atoms with Crippen LogP contribution in [0.25, 0.3) is 0 Å². The molecule has 1 aliphatic rings. The molecule has 0 aliphatic carbocycles. The minimum atomic E-state index is -1.44. The van der Waals surface area contributed by atoms with Crippen molar-refractivity contribution >= 4 is 0 Å². The molecule has 0 unspecified atom stereocenters. The predicted octanol–water partition coefficient (Wildman–Crippen LogP) is 9.20. The molecule has 1 aliphatic heterocycles. The fraction of sp³-hybridized carbons (Fsp3) is 0.515. The second-order valence-corrected chi connectivity index (χ2v) is 11.0. The van der Waals surface area contributed by atoms with Gasteiger partial charge in [0.05, 0.1) is 0 Å². The molecule has 1 aromatic rings. The van der Waals surface area contributed by atoms with E-state index in [0.29, 0.717) is 11.0 Å². The fourth-order valence-corrected chi connectivity index (χ4v) is 4.95. The average Bonchev–Trinajstić information content (AvgIpc) is 2.82.